The zero-order valence-corrected chi connectivity index (χ0v) is 8.32. The topological polar surface area (TPSA) is 30.0 Å². The average molecular weight is 195 g/mol. The number of ketones is 1. The van der Waals surface area contributed by atoms with Crippen molar-refractivity contribution in [3.8, 4) is 11.1 Å². The standard InChI is InChI=1S/C13H9NO/c1-8-12-9-4-2-3-5-10(9)13(15)11(12)6-7-14-8/h2-7H,1H3. The molecule has 0 bridgehead atoms. The second-order valence-electron chi connectivity index (χ2n) is 3.69. The minimum atomic E-state index is 0.117. The zero-order valence-electron chi connectivity index (χ0n) is 8.32. The number of rotatable bonds is 0. The number of nitrogens with zero attached hydrogens (tertiary/aromatic N) is 1. The first-order valence-corrected chi connectivity index (χ1v) is 4.89. The van der Waals surface area contributed by atoms with Crippen LogP contribution in [0.3, 0.4) is 0 Å². The number of hydrogen-bond donors (Lipinski definition) is 0. The molecule has 0 fully saturated rings. The van der Waals surface area contributed by atoms with Crippen molar-refractivity contribution in [3.63, 3.8) is 0 Å². The molecule has 0 saturated heterocycles. The molecule has 0 amide bonds. The molecule has 3 rings (SSSR count). The monoisotopic (exact) mass is 195 g/mol. The normalized spacial score (nSPS) is 12.5. The number of hydrogen-bond acceptors (Lipinski definition) is 2. The van der Waals surface area contributed by atoms with E-state index in [-0.39, 0.29) is 5.78 Å². The molecular formula is C13H9NO. The molecule has 0 N–H and O–H groups in total. The van der Waals surface area contributed by atoms with Crippen LogP contribution in [0.25, 0.3) is 11.1 Å². The van der Waals surface area contributed by atoms with Crippen LogP contribution in [0.1, 0.15) is 21.6 Å². The summed E-state index contributed by atoms with van der Waals surface area (Å²) in [5, 5.41) is 0. The smallest absolute Gasteiger partial charge is 0.194 e. The molecule has 1 aliphatic rings. The molecule has 1 aromatic carbocycles. The third-order valence-electron chi connectivity index (χ3n) is 2.83. The molecule has 2 heteroatoms. The molecule has 0 saturated carbocycles. The highest BCUT2D eigenvalue weighted by molar-refractivity contribution is 6.21. The number of fused-ring (bicyclic) bond motifs is 3. The SMILES string of the molecule is Cc1nccc2c1-c1ccccc1C2=O. The van der Waals surface area contributed by atoms with Gasteiger partial charge >= 0.3 is 0 Å². The van der Waals surface area contributed by atoms with E-state index in [0.717, 1.165) is 27.9 Å². The lowest BCUT2D eigenvalue weighted by atomic mass is 10.1. The van der Waals surface area contributed by atoms with Crippen molar-refractivity contribution >= 4 is 5.78 Å². The lowest BCUT2D eigenvalue weighted by molar-refractivity contribution is 0.104. The Balaban J connectivity index is 2.45. The van der Waals surface area contributed by atoms with Crippen molar-refractivity contribution in [2.24, 2.45) is 0 Å². The van der Waals surface area contributed by atoms with Crippen LogP contribution in [0.15, 0.2) is 36.5 Å². The average Bonchev–Trinajstić information content (AvgIpc) is 2.55. The van der Waals surface area contributed by atoms with Gasteiger partial charge in [0.1, 0.15) is 0 Å². The number of benzene rings is 1. The molecule has 15 heavy (non-hydrogen) atoms. The molecule has 1 aromatic heterocycles. The van der Waals surface area contributed by atoms with Gasteiger partial charge in [0.2, 0.25) is 0 Å². The fourth-order valence-corrected chi connectivity index (χ4v) is 2.14. The Hall–Kier alpha value is -1.96. The zero-order chi connectivity index (χ0) is 10.4. The second kappa shape index (κ2) is 2.76. The maximum atomic E-state index is 12.0. The molecule has 72 valence electrons. The molecule has 0 unspecified atom stereocenters. The summed E-state index contributed by atoms with van der Waals surface area (Å²) in [6.45, 7) is 1.94. The van der Waals surface area contributed by atoms with E-state index in [0.29, 0.717) is 0 Å². The van der Waals surface area contributed by atoms with E-state index in [4.69, 9.17) is 0 Å². The minimum absolute atomic E-state index is 0.117. The summed E-state index contributed by atoms with van der Waals surface area (Å²) in [5.41, 5.74) is 4.51. The van der Waals surface area contributed by atoms with Crippen LogP contribution < -0.4 is 0 Å². The third kappa shape index (κ3) is 0.988. The van der Waals surface area contributed by atoms with Gasteiger partial charge in [-0.1, -0.05) is 24.3 Å². The number of aryl methyl sites for hydroxylation is 1. The molecule has 2 nitrogen and oxygen atoms in total. The first-order chi connectivity index (χ1) is 7.29. The summed E-state index contributed by atoms with van der Waals surface area (Å²) in [7, 11) is 0. The highest BCUT2D eigenvalue weighted by Crippen LogP contribution is 2.37. The molecule has 1 aliphatic carbocycles. The van der Waals surface area contributed by atoms with E-state index < -0.39 is 0 Å². The van der Waals surface area contributed by atoms with Crippen LogP contribution in [0.2, 0.25) is 0 Å². The van der Waals surface area contributed by atoms with Crippen LogP contribution in [0.4, 0.5) is 0 Å². The molecule has 0 atom stereocenters. The fraction of sp³-hybridized carbons (Fsp3) is 0.0769. The Labute approximate surface area is 87.6 Å². The van der Waals surface area contributed by atoms with Gasteiger partial charge in [-0.3, -0.25) is 9.78 Å². The first kappa shape index (κ1) is 8.36. The van der Waals surface area contributed by atoms with Gasteiger partial charge in [0, 0.05) is 28.6 Å². The molecule has 0 radical (unpaired) electrons. The van der Waals surface area contributed by atoms with Crippen LogP contribution >= 0.6 is 0 Å². The van der Waals surface area contributed by atoms with Gasteiger partial charge in [0.05, 0.1) is 0 Å². The fourth-order valence-electron chi connectivity index (χ4n) is 2.14. The molecule has 2 aromatic rings. The van der Waals surface area contributed by atoms with Gasteiger partial charge in [-0.05, 0) is 18.6 Å². The Morgan fingerprint density at radius 2 is 1.73 bits per heavy atom. The predicted molar refractivity (Wildman–Crippen MR) is 57.8 cm³/mol. The van der Waals surface area contributed by atoms with Crippen LogP contribution in [-0.4, -0.2) is 10.8 Å². The van der Waals surface area contributed by atoms with Gasteiger partial charge in [0.15, 0.2) is 5.78 Å². The van der Waals surface area contributed by atoms with Crippen LogP contribution in [0.5, 0.6) is 0 Å². The maximum Gasteiger partial charge on any atom is 0.194 e. The lowest BCUT2D eigenvalue weighted by Crippen LogP contribution is -1.95. The van der Waals surface area contributed by atoms with E-state index in [1.54, 1.807) is 12.3 Å². The second-order valence-corrected chi connectivity index (χ2v) is 3.69. The maximum absolute atomic E-state index is 12.0. The summed E-state index contributed by atoms with van der Waals surface area (Å²) in [5.74, 6) is 0.117. The van der Waals surface area contributed by atoms with E-state index in [1.807, 2.05) is 31.2 Å². The number of carbonyl (C=O) groups excluding carboxylic acids is 1. The van der Waals surface area contributed by atoms with E-state index >= 15 is 0 Å². The van der Waals surface area contributed by atoms with Crippen molar-refractivity contribution in [2.75, 3.05) is 0 Å². The van der Waals surface area contributed by atoms with Gasteiger partial charge in [0.25, 0.3) is 0 Å². The van der Waals surface area contributed by atoms with Crippen molar-refractivity contribution in [2.45, 2.75) is 6.92 Å². The summed E-state index contributed by atoms with van der Waals surface area (Å²) in [6, 6.07) is 9.49. The largest absolute Gasteiger partial charge is 0.289 e. The quantitative estimate of drug-likeness (QED) is 0.552. The summed E-state index contributed by atoms with van der Waals surface area (Å²) in [6.07, 6.45) is 1.69. The third-order valence-corrected chi connectivity index (χ3v) is 2.83. The molecule has 0 spiro atoms. The Morgan fingerprint density at radius 3 is 2.53 bits per heavy atom. The number of aromatic nitrogens is 1. The molecular weight excluding hydrogens is 186 g/mol. The lowest BCUT2D eigenvalue weighted by Gasteiger charge is -2.01. The summed E-state index contributed by atoms with van der Waals surface area (Å²) in [4.78, 5) is 16.2. The number of carbonyl (C=O) groups is 1. The highest BCUT2D eigenvalue weighted by atomic mass is 16.1. The minimum Gasteiger partial charge on any atom is -0.289 e. The molecule has 0 aliphatic heterocycles. The van der Waals surface area contributed by atoms with E-state index in [1.165, 1.54) is 0 Å². The van der Waals surface area contributed by atoms with Gasteiger partial charge < -0.3 is 0 Å². The van der Waals surface area contributed by atoms with E-state index in [2.05, 4.69) is 4.98 Å². The van der Waals surface area contributed by atoms with Crippen molar-refractivity contribution < 1.29 is 4.79 Å². The van der Waals surface area contributed by atoms with Gasteiger partial charge in [-0.2, -0.15) is 0 Å². The first-order valence-electron chi connectivity index (χ1n) is 4.89. The summed E-state index contributed by atoms with van der Waals surface area (Å²) >= 11 is 0. The van der Waals surface area contributed by atoms with Gasteiger partial charge in [-0.25, -0.2) is 0 Å². The highest BCUT2D eigenvalue weighted by Gasteiger charge is 2.27. The Kier molecular flexibility index (Phi) is 1.54. The summed E-state index contributed by atoms with van der Waals surface area (Å²) < 4.78 is 0. The van der Waals surface area contributed by atoms with Crippen LogP contribution in [-0.2, 0) is 0 Å². The Bertz CT molecular complexity index is 572. The van der Waals surface area contributed by atoms with Crippen molar-refractivity contribution in [1.29, 1.82) is 0 Å². The van der Waals surface area contributed by atoms with Crippen LogP contribution in [0, 0.1) is 6.92 Å². The molecule has 1 heterocycles. The van der Waals surface area contributed by atoms with Crippen molar-refractivity contribution in [3.05, 3.63) is 53.3 Å². The van der Waals surface area contributed by atoms with Gasteiger partial charge in [-0.15, -0.1) is 0 Å². The number of pyridine rings is 1. The Morgan fingerprint density at radius 1 is 1.00 bits per heavy atom. The van der Waals surface area contributed by atoms with Crippen molar-refractivity contribution in [1.82, 2.24) is 4.98 Å². The predicted octanol–water partition coefficient (Wildman–Crippen LogP) is 2.60. The van der Waals surface area contributed by atoms with E-state index in [9.17, 15) is 4.79 Å².